The molecule has 4 aromatic rings. The van der Waals surface area contributed by atoms with Gasteiger partial charge in [0.25, 0.3) is 0 Å². The largest absolute Gasteiger partial charge is 0.493 e. The second kappa shape index (κ2) is 9.97. The average Bonchev–Trinajstić information content (AvgIpc) is 3.27. The number of benzene rings is 3. The van der Waals surface area contributed by atoms with Gasteiger partial charge < -0.3 is 29.2 Å². The van der Waals surface area contributed by atoms with Crippen LogP contribution in [0.5, 0.6) is 11.5 Å². The molecule has 5 rings (SSSR count). The van der Waals surface area contributed by atoms with Crippen LogP contribution in [0.15, 0.2) is 72.8 Å². The number of hydrogen-bond donors (Lipinski definition) is 1. The van der Waals surface area contributed by atoms with E-state index in [4.69, 9.17) is 14.5 Å². The molecule has 0 bridgehead atoms. The molecule has 8 heteroatoms. The summed E-state index contributed by atoms with van der Waals surface area (Å²) in [4.78, 5) is 22.0. The summed E-state index contributed by atoms with van der Waals surface area (Å²) in [7, 11) is 3.16. The van der Waals surface area contributed by atoms with Crippen LogP contribution in [-0.2, 0) is 6.54 Å². The Morgan fingerprint density at radius 1 is 0.886 bits per heavy atom. The number of rotatable bonds is 6. The molecule has 1 fully saturated rings. The van der Waals surface area contributed by atoms with Gasteiger partial charge in [-0.1, -0.05) is 42.5 Å². The number of carbonyl (C=O) groups is 1. The molecule has 1 aromatic heterocycles. The molecule has 0 atom stereocenters. The van der Waals surface area contributed by atoms with Crippen molar-refractivity contribution in [3.8, 4) is 11.5 Å². The summed E-state index contributed by atoms with van der Waals surface area (Å²) in [5, 5.41) is 2.97. The molecule has 3 aromatic carbocycles. The number of nitrogens with zero attached hydrogens (tertiary/aromatic N) is 4. The fourth-order valence-electron chi connectivity index (χ4n) is 4.45. The summed E-state index contributed by atoms with van der Waals surface area (Å²) in [6.07, 6.45) is 0. The fourth-order valence-corrected chi connectivity index (χ4v) is 4.45. The number of methoxy groups -OCH3 is 2. The predicted octanol–water partition coefficient (Wildman–Crippen LogP) is 4.46. The number of urea groups is 1. The van der Waals surface area contributed by atoms with Crippen LogP contribution >= 0.6 is 0 Å². The molecule has 0 unspecified atom stereocenters. The molecular formula is C27H29N5O3. The number of nitrogens with one attached hydrogen (secondary N) is 1. The number of amides is 2. The topological polar surface area (TPSA) is 71.9 Å². The fraction of sp³-hybridized carbons (Fsp3) is 0.259. The van der Waals surface area contributed by atoms with Crippen molar-refractivity contribution in [3.05, 3.63) is 78.4 Å². The van der Waals surface area contributed by atoms with Crippen molar-refractivity contribution >= 4 is 28.7 Å². The van der Waals surface area contributed by atoms with E-state index in [0.29, 0.717) is 43.4 Å². The van der Waals surface area contributed by atoms with E-state index < -0.39 is 0 Å². The summed E-state index contributed by atoms with van der Waals surface area (Å²) >= 11 is 0. The number of anilines is 2. The highest BCUT2D eigenvalue weighted by Crippen LogP contribution is 2.30. The van der Waals surface area contributed by atoms with E-state index >= 15 is 0 Å². The molecule has 180 valence electrons. The van der Waals surface area contributed by atoms with Crippen LogP contribution in [0, 0.1) is 0 Å². The minimum Gasteiger partial charge on any atom is -0.493 e. The third-order valence-corrected chi connectivity index (χ3v) is 6.30. The van der Waals surface area contributed by atoms with E-state index in [0.717, 1.165) is 23.5 Å². The summed E-state index contributed by atoms with van der Waals surface area (Å²) in [5.41, 5.74) is 3.98. The first-order chi connectivity index (χ1) is 17.2. The lowest BCUT2D eigenvalue weighted by molar-refractivity contribution is 0.208. The Labute approximate surface area is 204 Å². The number of imidazole rings is 1. The van der Waals surface area contributed by atoms with Gasteiger partial charge in [0.2, 0.25) is 5.95 Å². The second-order valence-corrected chi connectivity index (χ2v) is 8.45. The lowest BCUT2D eigenvalue weighted by atomic mass is 10.2. The highest BCUT2D eigenvalue weighted by atomic mass is 16.5. The first-order valence-corrected chi connectivity index (χ1v) is 11.7. The average molecular weight is 472 g/mol. The molecule has 1 saturated heterocycles. The van der Waals surface area contributed by atoms with Crippen molar-refractivity contribution < 1.29 is 14.3 Å². The molecule has 0 saturated carbocycles. The van der Waals surface area contributed by atoms with Crippen LogP contribution in [0.25, 0.3) is 11.0 Å². The Hall–Kier alpha value is -4.20. The SMILES string of the molecule is COc1ccc(NC(=O)N2CCN(c3nc4ccccc4n3Cc3ccccc3)CC2)cc1OC. The van der Waals surface area contributed by atoms with Gasteiger partial charge in [0.05, 0.1) is 31.8 Å². The Kier molecular flexibility index (Phi) is 6.43. The van der Waals surface area contributed by atoms with E-state index in [-0.39, 0.29) is 6.03 Å². The molecule has 8 nitrogen and oxygen atoms in total. The van der Waals surface area contributed by atoms with Crippen LogP contribution < -0.4 is 19.7 Å². The van der Waals surface area contributed by atoms with Gasteiger partial charge in [-0.3, -0.25) is 0 Å². The Balaban J connectivity index is 1.29. The minimum atomic E-state index is -0.130. The molecule has 1 aliphatic heterocycles. The van der Waals surface area contributed by atoms with Gasteiger partial charge >= 0.3 is 6.03 Å². The molecular weight excluding hydrogens is 442 g/mol. The number of carbonyl (C=O) groups excluding carboxylic acids is 1. The Morgan fingerprint density at radius 2 is 1.60 bits per heavy atom. The maximum Gasteiger partial charge on any atom is 0.321 e. The first-order valence-electron chi connectivity index (χ1n) is 11.7. The van der Waals surface area contributed by atoms with E-state index in [1.54, 1.807) is 32.4 Å². The lowest BCUT2D eigenvalue weighted by Crippen LogP contribution is -2.50. The Bertz CT molecular complexity index is 1310. The smallest absolute Gasteiger partial charge is 0.321 e. The van der Waals surface area contributed by atoms with Gasteiger partial charge in [-0.2, -0.15) is 0 Å². The van der Waals surface area contributed by atoms with Gasteiger partial charge in [-0.05, 0) is 29.8 Å². The van der Waals surface area contributed by atoms with E-state index in [1.165, 1.54) is 5.56 Å². The van der Waals surface area contributed by atoms with Gasteiger partial charge in [0, 0.05) is 37.9 Å². The van der Waals surface area contributed by atoms with E-state index in [9.17, 15) is 4.79 Å². The highest BCUT2D eigenvalue weighted by molar-refractivity contribution is 5.90. The van der Waals surface area contributed by atoms with Gasteiger partial charge in [0.15, 0.2) is 11.5 Å². The molecule has 35 heavy (non-hydrogen) atoms. The first kappa shape index (κ1) is 22.6. The quantitative estimate of drug-likeness (QED) is 0.450. The molecule has 0 aliphatic carbocycles. The normalized spacial score (nSPS) is 13.7. The standard InChI is InChI=1S/C27H29N5O3/c1-34-24-13-12-21(18-25(24)35-2)28-27(33)31-16-14-30(15-17-31)26-29-22-10-6-7-11-23(22)32(26)19-20-8-4-3-5-9-20/h3-13,18H,14-17,19H2,1-2H3,(H,28,33). The summed E-state index contributed by atoms with van der Waals surface area (Å²) < 4.78 is 12.9. The van der Waals surface area contributed by atoms with Gasteiger partial charge in [-0.15, -0.1) is 0 Å². The maximum atomic E-state index is 12.9. The monoisotopic (exact) mass is 471 g/mol. The lowest BCUT2D eigenvalue weighted by Gasteiger charge is -2.35. The zero-order valence-corrected chi connectivity index (χ0v) is 20.0. The van der Waals surface area contributed by atoms with E-state index in [1.807, 2.05) is 29.2 Å². The maximum absolute atomic E-state index is 12.9. The highest BCUT2D eigenvalue weighted by Gasteiger charge is 2.25. The number of para-hydroxylation sites is 2. The van der Waals surface area contributed by atoms with Crippen molar-refractivity contribution in [2.24, 2.45) is 0 Å². The molecule has 0 spiro atoms. The van der Waals surface area contributed by atoms with Crippen LogP contribution in [0.4, 0.5) is 16.4 Å². The van der Waals surface area contributed by atoms with Crippen LogP contribution in [0.1, 0.15) is 5.56 Å². The van der Waals surface area contributed by atoms with Crippen LogP contribution in [0.2, 0.25) is 0 Å². The molecule has 2 amide bonds. The minimum absolute atomic E-state index is 0.130. The summed E-state index contributed by atoms with van der Waals surface area (Å²) in [5.74, 6) is 2.14. The van der Waals surface area contributed by atoms with Gasteiger partial charge in [-0.25, -0.2) is 9.78 Å². The molecule has 2 heterocycles. The number of hydrogen-bond acceptors (Lipinski definition) is 5. The van der Waals surface area contributed by atoms with Crippen molar-refractivity contribution in [2.45, 2.75) is 6.54 Å². The van der Waals surface area contributed by atoms with Crippen molar-refractivity contribution in [1.82, 2.24) is 14.5 Å². The van der Waals surface area contributed by atoms with E-state index in [2.05, 4.69) is 45.1 Å². The number of piperazine rings is 1. The summed E-state index contributed by atoms with van der Waals surface area (Å²) in [6.45, 7) is 3.37. The van der Waals surface area contributed by atoms with Crippen molar-refractivity contribution in [3.63, 3.8) is 0 Å². The zero-order valence-electron chi connectivity index (χ0n) is 20.0. The third kappa shape index (κ3) is 4.73. The third-order valence-electron chi connectivity index (χ3n) is 6.30. The molecule has 1 N–H and O–H groups in total. The van der Waals surface area contributed by atoms with Crippen molar-refractivity contribution in [2.75, 3.05) is 50.6 Å². The predicted molar refractivity (Wildman–Crippen MR) is 138 cm³/mol. The zero-order chi connectivity index (χ0) is 24.2. The second-order valence-electron chi connectivity index (χ2n) is 8.45. The summed E-state index contributed by atoms with van der Waals surface area (Å²) in [6, 6.07) is 23.9. The number of aromatic nitrogens is 2. The van der Waals surface area contributed by atoms with Gasteiger partial charge in [0.1, 0.15) is 0 Å². The van der Waals surface area contributed by atoms with Crippen LogP contribution in [-0.4, -0.2) is 60.9 Å². The van der Waals surface area contributed by atoms with Crippen LogP contribution in [0.3, 0.4) is 0 Å². The molecule has 0 radical (unpaired) electrons. The Morgan fingerprint density at radius 3 is 2.34 bits per heavy atom. The number of ether oxygens (including phenoxy) is 2. The van der Waals surface area contributed by atoms with Crippen molar-refractivity contribution in [1.29, 1.82) is 0 Å². The number of fused-ring (bicyclic) bond motifs is 1. The molecule has 1 aliphatic rings.